The van der Waals surface area contributed by atoms with Gasteiger partial charge in [0.15, 0.2) is 0 Å². The molecule has 0 saturated heterocycles. The molecule has 0 bridgehead atoms. The van der Waals surface area contributed by atoms with E-state index in [9.17, 15) is 0 Å². The third-order valence-corrected chi connectivity index (χ3v) is 4.70. The summed E-state index contributed by atoms with van der Waals surface area (Å²) in [6.07, 6.45) is 3.10. The average molecular weight is 320 g/mol. The quantitative estimate of drug-likeness (QED) is 0.778. The summed E-state index contributed by atoms with van der Waals surface area (Å²) in [4.78, 5) is 14.1. The lowest BCUT2D eigenvalue weighted by Gasteiger charge is -2.24. The molecule has 2 heterocycles. The summed E-state index contributed by atoms with van der Waals surface area (Å²) in [6, 6.07) is 0.514. The van der Waals surface area contributed by atoms with Crippen LogP contribution in [0.15, 0.2) is 0 Å². The van der Waals surface area contributed by atoms with Crippen molar-refractivity contribution in [3.8, 4) is 0 Å². The maximum Gasteiger partial charge on any atom is 0.133 e. The van der Waals surface area contributed by atoms with Crippen LogP contribution in [0.3, 0.4) is 0 Å². The summed E-state index contributed by atoms with van der Waals surface area (Å²) in [5.74, 6) is 1.89. The van der Waals surface area contributed by atoms with Crippen molar-refractivity contribution in [2.45, 2.75) is 39.2 Å². The van der Waals surface area contributed by atoms with Crippen molar-refractivity contribution in [3.63, 3.8) is 0 Å². The van der Waals surface area contributed by atoms with E-state index < -0.39 is 0 Å². The Kier molecular flexibility index (Phi) is 6.74. The number of rotatable bonds is 7. The fourth-order valence-electron chi connectivity index (χ4n) is 3.23. The molecule has 1 atom stereocenters. The molecule has 1 aliphatic rings. The van der Waals surface area contributed by atoms with Crippen molar-refractivity contribution < 1.29 is 0 Å². The number of nitrogens with two attached hydrogens (primary N) is 1. The van der Waals surface area contributed by atoms with E-state index >= 15 is 0 Å². The van der Waals surface area contributed by atoms with Crippen molar-refractivity contribution in [1.29, 1.82) is 0 Å². The number of hydrogen-bond acceptors (Lipinski definition) is 6. The fraction of sp³-hybridized carbons (Fsp3) is 0.765. The lowest BCUT2D eigenvalue weighted by molar-refractivity contribution is 0.295. The van der Waals surface area contributed by atoms with Crippen molar-refractivity contribution >= 4 is 5.82 Å². The predicted octanol–water partition coefficient (Wildman–Crippen LogP) is 0.896. The monoisotopic (exact) mass is 320 g/mol. The molecule has 6 heteroatoms. The standard InChI is InChI=1S/C17H32N6/c1-5-14(22(3)4)12-19-17-15-6-9-23(11-8-18)10-7-16(15)20-13(2)21-17/h14H,5-12,18H2,1-4H3,(H,19,20,21)/t14-/m1/s1. The topological polar surface area (TPSA) is 70.3 Å². The number of nitrogens with zero attached hydrogens (tertiary/aromatic N) is 4. The molecule has 0 aliphatic carbocycles. The van der Waals surface area contributed by atoms with Gasteiger partial charge in [0.25, 0.3) is 0 Å². The first-order chi connectivity index (χ1) is 11.0. The molecule has 23 heavy (non-hydrogen) atoms. The first kappa shape index (κ1) is 18.1. The molecule has 0 fully saturated rings. The largest absolute Gasteiger partial charge is 0.368 e. The molecule has 0 radical (unpaired) electrons. The van der Waals surface area contributed by atoms with Crippen LogP contribution >= 0.6 is 0 Å². The summed E-state index contributed by atoms with van der Waals surface area (Å²) >= 11 is 0. The van der Waals surface area contributed by atoms with Crippen molar-refractivity contribution in [3.05, 3.63) is 17.1 Å². The van der Waals surface area contributed by atoms with Gasteiger partial charge < -0.3 is 20.9 Å². The van der Waals surface area contributed by atoms with Crippen LogP contribution in [-0.4, -0.2) is 72.6 Å². The van der Waals surface area contributed by atoms with Gasteiger partial charge in [-0.1, -0.05) is 6.92 Å². The molecule has 0 amide bonds. The van der Waals surface area contributed by atoms with E-state index in [-0.39, 0.29) is 0 Å². The highest BCUT2D eigenvalue weighted by Gasteiger charge is 2.19. The lowest BCUT2D eigenvalue weighted by Crippen LogP contribution is -2.34. The van der Waals surface area contributed by atoms with Crippen LogP contribution < -0.4 is 11.1 Å². The SMILES string of the molecule is CC[C@H](CNc1nc(C)nc2c1CCN(CCN)CC2)N(C)C. The third kappa shape index (κ3) is 4.86. The van der Waals surface area contributed by atoms with Gasteiger partial charge in [0.05, 0.1) is 5.69 Å². The van der Waals surface area contributed by atoms with Crippen LogP contribution in [0.2, 0.25) is 0 Å². The van der Waals surface area contributed by atoms with Crippen LogP contribution in [0, 0.1) is 6.92 Å². The summed E-state index contributed by atoms with van der Waals surface area (Å²) in [5, 5.41) is 3.58. The second-order valence-corrected chi connectivity index (χ2v) is 6.58. The summed E-state index contributed by atoms with van der Waals surface area (Å²) in [6.45, 7) is 8.87. The highest BCUT2D eigenvalue weighted by Crippen LogP contribution is 2.21. The van der Waals surface area contributed by atoms with Gasteiger partial charge in [0.2, 0.25) is 0 Å². The Hall–Kier alpha value is -1.24. The lowest BCUT2D eigenvalue weighted by atomic mass is 10.1. The molecule has 0 saturated carbocycles. The highest BCUT2D eigenvalue weighted by molar-refractivity contribution is 5.47. The molecule has 6 nitrogen and oxygen atoms in total. The Morgan fingerprint density at radius 1 is 1.26 bits per heavy atom. The zero-order valence-electron chi connectivity index (χ0n) is 15.1. The Bertz CT molecular complexity index is 502. The minimum atomic E-state index is 0.514. The van der Waals surface area contributed by atoms with Gasteiger partial charge in [0, 0.05) is 50.7 Å². The average Bonchev–Trinajstić information content (AvgIpc) is 2.70. The maximum atomic E-state index is 5.71. The van der Waals surface area contributed by atoms with Crippen molar-refractivity contribution in [2.75, 3.05) is 52.1 Å². The van der Waals surface area contributed by atoms with Gasteiger partial charge in [-0.05, 0) is 33.9 Å². The summed E-state index contributed by atoms with van der Waals surface area (Å²) < 4.78 is 0. The normalized spacial score (nSPS) is 17.0. The van der Waals surface area contributed by atoms with E-state index in [4.69, 9.17) is 10.7 Å². The van der Waals surface area contributed by atoms with Gasteiger partial charge in [0.1, 0.15) is 11.6 Å². The first-order valence-corrected chi connectivity index (χ1v) is 8.74. The van der Waals surface area contributed by atoms with Gasteiger partial charge in [-0.3, -0.25) is 0 Å². The molecule has 130 valence electrons. The van der Waals surface area contributed by atoms with Gasteiger partial charge >= 0.3 is 0 Å². The van der Waals surface area contributed by atoms with Crippen molar-refractivity contribution in [2.24, 2.45) is 5.73 Å². The van der Waals surface area contributed by atoms with E-state index in [2.05, 4.69) is 41.1 Å². The molecule has 0 unspecified atom stereocenters. The van der Waals surface area contributed by atoms with Crippen LogP contribution in [0.25, 0.3) is 0 Å². The van der Waals surface area contributed by atoms with E-state index in [0.29, 0.717) is 12.6 Å². The minimum absolute atomic E-state index is 0.514. The van der Waals surface area contributed by atoms with Gasteiger partial charge in [-0.15, -0.1) is 0 Å². The molecular formula is C17H32N6. The van der Waals surface area contributed by atoms with E-state index in [1.165, 1.54) is 11.3 Å². The number of aryl methyl sites for hydroxylation is 1. The molecule has 1 aromatic rings. The third-order valence-electron chi connectivity index (χ3n) is 4.70. The number of hydrogen-bond donors (Lipinski definition) is 2. The van der Waals surface area contributed by atoms with Crippen LogP contribution in [-0.2, 0) is 12.8 Å². The number of likely N-dealkylation sites (N-methyl/N-ethyl adjacent to an activating group) is 1. The summed E-state index contributed by atoms with van der Waals surface area (Å²) in [5.41, 5.74) is 8.21. The Balaban J connectivity index is 2.14. The predicted molar refractivity (Wildman–Crippen MR) is 95.9 cm³/mol. The van der Waals surface area contributed by atoms with Crippen LogP contribution in [0.1, 0.15) is 30.4 Å². The molecule has 3 N–H and O–H groups in total. The van der Waals surface area contributed by atoms with Crippen LogP contribution in [0.5, 0.6) is 0 Å². The number of fused-ring (bicyclic) bond motifs is 1. The molecule has 1 aliphatic heterocycles. The van der Waals surface area contributed by atoms with E-state index in [1.54, 1.807) is 0 Å². The second-order valence-electron chi connectivity index (χ2n) is 6.58. The zero-order valence-corrected chi connectivity index (χ0v) is 15.1. The smallest absolute Gasteiger partial charge is 0.133 e. The first-order valence-electron chi connectivity index (χ1n) is 8.74. The van der Waals surface area contributed by atoms with Gasteiger partial charge in [-0.25, -0.2) is 9.97 Å². The zero-order chi connectivity index (χ0) is 16.8. The number of aromatic nitrogens is 2. The maximum absolute atomic E-state index is 5.71. The Labute approximate surface area is 140 Å². The van der Waals surface area contributed by atoms with Gasteiger partial charge in [-0.2, -0.15) is 0 Å². The molecule has 1 aromatic heterocycles. The minimum Gasteiger partial charge on any atom is -0.368 e. The fourth-order valence-corrected chi connectivity index (χ4v) is 3.23. The molecular weight excluding hydrogens is 288 g/mol. The Morgan fingerprint density at radius 3 is 2.65 bits per heavy atom. The molecule has 0 aromatic carbocycles. The number of anilines is 1. The highest BCUT2D eigenvalue weighted by atomic mass is 15.2. The second kappa shape index (κ2) is 8.57. The van der Waals surface area contributed by atoms with E-state index in [1.807, 2.05) is 6.92 Å². The van der Waals surface area contributed by atoms with Crippen LogP contribution in [0.4, 0.5) is 5.82 Å². The number of nitrogens with one attached hydrogen (secondary N) is 1. The van der Waals surface area contributed by atoms with Crippen molar-refractivity contribution in [1.82, 2.24) is 19.8 Å². The summed E-state index contributed by atoms with van der Waals surface area (Å²) in [7, 11) is 4.26. The van der Waals surface area contributed by atoms with E-state index in [0.717, 1.165) is 57.1 Å². The Morgan fingerprint density at radius 2 is 2.00 bits per heavy atom. The molecule has 0 spiro atoms. The molecule has 2 rings (SSSR count).